The van der Waals surface area contributed by atoms with Crippen LogP contribution in [0.3, 0.4) is 0 Å². The van der Waals surface area contributed by atoms with Gasteiger partial charge in [0.2, 0.25) is 0 Å². The first kappa shape index (κ1) is 11.8. The van der Waals surface area contributed by atoms with Crippen LogP contribution in [-0.2, 0) is 6.42 Å². The van der Waals surface area contributed by atoms with Crippen molar-refractivity contribution in [3.63, 3.8) is 0 Å². The first-order valence-electron chi connectivity index (χ1n) is 5.03. The van der Waals surface area contributed by atoms with Crippen LogP contribution < -0.4 is 4.74 Å². The topological polar surface area (TPSA) is 29.5 Å². The van der Waals surface area contributed by atoms with Gasteiger partial charge in [-0.2, -0.15) is 0 Å². The van der Waals surface area contributed by atoms with Crippen LogP contribution in [0.25, 0.3) is 0 Å². The van der Waals surface area contributed by atoms with Crippen LogP contribution in [0.5, 0.6) is 5.75 Å². The van der Waals surface area contributed by atoms with Crippen LogP contribution in [-0.4, -0.2) is 17.8 Å². The summed E-state index contributed by atoms with van der Waals surface area (Å²) in [6.07, 6.45) is 2.96. The molecule has 0 heterocycles. The highest BCUT2D eigenvalue weighted by Crippen LogP contribution is 2.19. The van der Waals surface area contributed by atoms with Crippen molar-refractivity contribution in [3.05, 3.63) is 42.5 Å². The van der Waals surface area contributed by atoms with Crippen molar-refractivity contribution in [2.24, 2.45) is 0 Å². The zero-order valence-corrected chi connectivity index (χ0v) is 9.36. The molecule has 1 aromatic rings. The number of methoxy groups -OCH3 is 1. The van der Waals surface area contributed by atoms with E-state index in [0.29, 0.717) is 12.8 Å². The van der Waals surface area contributed by atoms with Crippen LogP contribution in [0.2, 0.25) is 0 Å². The second-order valence-corrected chi connectivity index (χ2v) is 4.01. The van der Waals surface area contributed by atoms with Crippen molar-refractivity contribution in [2.45, 2.75) is 25.4 Å². The van der Waals surface area contributed by atoms with Gasteiger partial charge in [0.25, 0.3) is 0 Å². The molecule has 1 N–H and O–H groups in total. The first-order valence-corrected chi connectivity index (χ1v) is 5.03. The number of hydrogen-bond donors (Lipinski definition) is 1. The smallest absolute Gasteiger partial charge is 0.118 e. The average molecular weight is 206 g/mol. The lowest BCUT2D eigenvalue weighted by atomic mass is 9.93. The van der Waals surface area contributed by atoms with Crippen molar-refractivity contribution in [2.75, 3.05) is 7.11 Å². The Labute approximate surface area is 91.2 Å². The predicted molar refractivity (Wildman–Crippen MR) is 62.1 cm³/mol. The predicted octanol–water partition coefficient (Wildman–Crippen LogP) is 2.56. The van der Waals surface area contributed by atoms with E-state index in [1.807, 2.05) is 31.2 Å². The van der Waals surface area contributed by atoms with Crippen molar-refractivity contribution in [3.8, 4) is 5.75 Å². The summed E-state index contributed by atoms with van der Waals surface area (Å²) in [6, 6.07) is 7.74. The van der Waals surface area contributed by atoms with E-state index in [2.05, 4.69) is 6.58 Å². The summed E-state index contributed by atoms with van der Waals surface area (Å²) in [5.41, 5.74) is 0.388. The minimum Gasteiger partial charge on any atom is -0.497 e. The van der Waals surface area contributed by atoms with Crippen molar-refractivity contribution in [1.29, 1.82) is 0 Å². The summed E-state index contributed by atoms with van der Waals surface area (Å²) in [6.45, 7) is 5.45. The van der Waals surface area contributed by atoms with Gasteiger partial charge in [0.1, 0.15) is 5.75 Å². The Hall–Kier alpha value is -1.28. The molecule has 0 amide bonds. The summed E-state index contributed by atoms with van der Waals surface area (Å²) in [5, 5.41) is 9.99. The van der Waals surface area contributed by atoms with Crippen molar-refractivity contribution in [1.82, 2.24) is 0 Å². The lowest BCUT2D eigenvalue weighted by Gasteiger charge is -2.21. The minimum absolute atomic E-state index is 0.596. The molecule has 0 saturated heterocycles. The Morgan fingerprint density at radius 3 is 2.47 bits per heavy atom. The van der Waals surface area contributed by atoms with E-state index in [4.69, 9.17) is 4.74 Å². The van der Waals surface area contributed by atoms with Crippen LogP contribution in [0, 0.1) is 0 Å². The Bertz CT molecular complexity index is 312. The van der Waals surface area contributed by atoms with Crippen molar-refractivity contribution >= 4 is 0 Å². The van der Waals surface area contributed by atoms with E-state index in [9.17, 15) is 5.11 Å². The summed E-state index contributed by atoms with van der Waals surface area (Å²) < 4.78 is 5.07. The second-order valence-electron chi connectivity index (χ2n) is 4.01. The lowest BCUT2D eigenvalue weighted by molar-refractivity contribution is 0.0637. The van der Waals surface area contributed by atoms with Gasteiger partial charge >= 0.3 is 0 Å². The average Bonchev–Trinajstić information content (AvgIpc) is 2.18. The van der Waals surface area contributed by atoms with Gasteiger partial charge in [-0.1, -0.05) is 18.2 Å². The molecule has 0 aliphatic carbocycles. The second kappa shape index (κ2) is 4.99. The third-order valence-corrected chi connectivity index (χ3v) is 2.33. The zero-order chi connectivity index (χ0) is 11.3. The maximum absolute atomic E-state index is 9.99. The fourth-order valence-corrected chi connectivity index (χ4v) is 1.57. The molecule has 1 rings (SSSR count). The third kappa shape index (κ3) is 3.76. The standard InChI is InChI=1S/C13H18O2/c1-4-9-13(2,14)10-11-5-7-12(15-3)8-6-11/h4-8,14H,1,9-10H2,2-3H3. The van der Waals surface area contributed by atoms with Crippen molar-refractivity contribution < 1.29 is 9.84 Å². The molecule has 0 fully saturated rings. The molecule has 0 aliphatic heterocycles. The first-order chi connectivity index (χ1) is 7.07. The Balaban J connectivity index is 2.68. The molecule has 0 bridgehead atoms. The van der Waals surface area contributed by atoms with Gasteiger partial charge < -0.3 is 9.84 Å². The van der Waals surface area contributed by atoms with E-state index in [1.54, 1.807) is 13.2 Å². The van der Waals surface area contributed by atoms with Gasteiger partial charge in [-0.15, -0.1) is 6.58 Å². The Morgan fingerprint density at radius 1 is 1.40 bits per heavy atom. The van der Waals surface area contributed by atoms with Crippen LogP contribution in [0.4, 0.5) is 0 Å². The molecule has 0 spiro atoms. The molecule has 0 aromatic heterocycles. The molecule has 1 unspecified atom stereocenters. The quantitative estimate of drug-likeness (QED) is 0.750. The monoisotopic (exact) mass is 206 g/mol. The molecule has 2 nitrogen and oxygen atoms in total. The SMILES string of the molecule is C=CCC(C)(O)Cc1ccc(OC)cc1. The Kier molecular flexibility index (Phi) is 3.92. The molecule has 0 aliphatic rings. The normalized spacial score (nSPS) is 14.3. The van der Waals surface area contributed by atoms with E-state index in [-0.39, 0.29) is 0 Å². The van der Waals surface area contributed by atoms with Gasteiger partial charge in [-0.25, -0.2) is 0 Å². The van der Waals surface area contributed by atoms with Gasteiger partial charge in [0.15, 0.2) is 0 Å². The van der Waals surface area contributed by atoms with Crippen LogP contribution in [0.1, 0.15) is 18.9 Å². The van der Waals surface area contributed by atoms with Gasteiger partial charge in [0.05, 0.1) is 12.7 Å². The highest BCUT2D eigenvalue weighted by Gasteiger charge is 2.18. The van der Waals surface area contributed by atoms with E-state index in [1.165, 1.54) is 0 Å². The molecule has 0 saturated carbocycles. The van der Waals surface area contributed by atoms with Gasteiger partial charge in [-0.3, -0.25) is 0 Å². The lowest BCUT2D eigenvalue weighted by Crippen LogP contribution is -2.26. The zero-order valence-electron chi connectivity index (χ0n) is 9.36. The summed E-state index contributed by atoms with van der Waals surface area (Å²) in [5.74, 6) is 0.835. The third-order valence-electron chi connectivity index (χ3n) is 2.33. The molecule has 15 heavy (non-hydrogen) atoms. The summed E-state index contributed by atoms with van der Waals surface area (Å²) in [4.78, 5) is 0. The van der Waals surface area contributed by atoms with E-state index in [0.717, 1.165) is 11.3 Å². The highest BCUT2D eigenvalue weighted by molar-refractivity contribution is 5.28. The van der Waals surface area contributed by atoms with Gasteiger partial charge in [0, 0.05) is 6.42 Å². The van der Waals surface area contributed by atoms with Crippen LogP contribution in [0.15, 0.2) is 36.9 Å². The summed E-state index contributed by atoms with van der Waals surface area (Å²) in [7, 11) is 1.64. The largest absolute Gasteiger partial charge is 0.497 e. The minimum atomic E-state index is -0.712. The maximum atomic E-state index is 9.99. The molecule has 1 aromatic carbocycles. The molecular formula is C13H18O2. The van der Waals surface area contributed by atoms with E-state index >= 15 is 0 Å². The molecule has 82 valence electrons. The summed E-state index contributed by atoms with van der Waals surface area (Å²) >= 11 is 0. The number of benzene rings is 1. The maximum Gasteiger partial charge on any atom is 0.118 e. The molecular weight excluding hydrogens is 188 g/mol. The number of rotatable bonds is 5. The molecule has 1 atom stereocenters. The highest BCUT2D eigenvalue weighted by atomic mass is 16.5. The molecule has 0 radical (unpaired) electrons. The fraction of sp³-hybridized carbons (Fsp3) is 0.385. The number of hydrogen-bond acceptors (Lipinski definition) is 2. The van der Waals surface area contributed by atoms with E-state index < -0.39 is 5.60 Å². The van der Waals surface area contributed by atoms with Crippen LogP contribution >= 0.6 is 0 Å². The number of aliphatic hydroxyl groups is 1. The fourth-order valence-electron chi connectivity index (χ4n) is 1.57. The Morgan fingerprint density at radius 2 is 2.00 bits per heavy atom. The number of ether oxygens (including phenoxy) is 1. The van der Waals surface area contributed by atoms with Gasteiger partial charge in [-0.05, 0) is 31.0 Å². The molecule has 2 heteroatoms.